The third-order valence-corrected chi connectivity index (χ3v) is 5.44. The van der Waals surface area contributed by atoms with Crippen molar-refractivity contribution in [1.29, 1.82) is 0 Å². The quantitative estimate of drug-likeness (QED) is 0.828. The molecule has 1 atom stereocenters. The van der Waals surface area contributed by atoms with E-state index in [9.17, 15) is 0 Å². The Kier molecular flexibility index (Phi) is 3.25. The Balaban J connectivity index is 1.97. The summed E-state index contributed by atoms with van der Waals surface area (Å²) in [4.78, 5) is 0. The first-order valence-electron chi connectivity index (χ1n) is 8.21. The number of hydrogen-bond acceptors (Lipinski definition) is 1. The Bertz CT molecular complexity index is 508. The number of nitrogens with one attached hydrogen (secondary N) is 1. The molecule has 1 saturated carbocycles. The minimum Gasteiger partial charge on any atom is -0.307 e. The van der Waals surface area contributed by atoms with Gasteiger partial charge in [-0.2, -0.15) is 0 Å². The van der Waals surface area contributed by atoms with Gasteiger partial charge in [0.05, 0.1) is 0 Å². The molecule has 2 aliphatic rings. The highest BCUT2D eigenvalue weighted by molar-refractivity contribution is 5.44. The monoisotopic (exact) mass is 271 g/mol. The van der Waals surface area contributed by atoms with Crippen LogP contribution in [0.5, 0.6) is 0 Å². The molecule has 1 heteroatoms. The Morgan fingerprint density at radius 2 is 1.60 bits per heavy atom. The molecule has 1 fully saturated rings. The van der Waals surface area contributed by atoms with Crippen molar-refractivity contribution in [2.45, 2.75) is 83.2 Å². The molecule has 0 bridgehead atoms. The van der Waals surface area contributed by atoms with Crippen molar-refractivity contribution in [2.24, 2.45) is 0 Å². The Morgan fingerprint density at radius 3 is 2.20 bits per heavy atom. The number of rotatable bonds is 3. The van der Waals surface area contributed by atoms with Gasteiger partial charge < -0.3 is 5.32 Å². The van der Waals surface area contributed by atoms with Gasteiger partial charge in [0.2, 0.25) is 0 Å². The standard InChI is InChI=1S/C19H29N/c1-13(20-15-7-8-15)14-6-9-16-17(12-14)19(4,5)11-10-18(16,2)3/h6,9,12-13,15,20H,7-8,10-11H2,1-5H3/t13-/m1/s1. The Labute approximate surface area is 124 Å². The number of benzene rings is 1. The molecule has 0 aromatic heterocycles. The average molecular weight is 271 g/mol. The van der Waals surface area contributed by atoms with Crippen LogP contribution in [0.25, 0.3) is 0 Å². The molecule has 110 valence electrons. The van der Waals surface area contributed by atoms with Gasteiger partial charge >= 0.3 is 0 Å². The van der Waals surface area contributed by atoms with Crippen molar-refractivity contribution in [1.82, 2.24) is 5.32 Å². The molecule has 1 aromatic rings. The zero-order chi connectivity index (χ0) is 14.5. The number of fused-ring (bicyclic) bond motifs is 1. The first-order chi connectivity index (χ1) is 9.29. The second-order valence-corrected chi connectivity index (χ2v) is 8.24. The van der Waals surface area contributed by atoms with Crippen molar-refractivity contribution in [3.05, 3.63) is 34.9 Å². The SMILES string of the molecule is C[C@@H](NC1CC1)c1ccc2c(c1)C(C)(C)CCC2(C)C. The maximum Gasteiger partial charge on any atom is 0.0294 e. The summed E-state index contributed by atoms with van der Waals surface area (Å²) in [6, 6.07) is 8.48. The maximum absolute atomic E-state index is 3.72. The normalized spacial score (nSPS) is 25.1. The van der Waals surface area contributed by atoms with E-state index in [1.54, 1.807) is 11.1 Å². The molecule has 0 saturated heterocycles. The summed E-state index contributed by atoms with van der Waals surface area (Å²) in [5.74, 6) is 0. The Hall–Kier alpha value is -0.820. The summed E-state index contributed by atoms with van der Waals surface area (Å²) < 4.78 is 0. The predicted molar refractivity (Wildman–Crippen MR) is 86.3 cm³/mol. The third kappa shape index (κ3) is 2.53. The van der Waals surface area contributed by atoms with Crippen LogP contribution in [-0.4, -0.2) is 6.04 Å². The molecule has 0 spiro atoms. The van der Waals surface area contributed by atoms with Gasteiger partial charge in [0.25, 0.3) is 0 Å². The highest BCUT2D eigenvalue weighted by Gasteiger charge is 2.37. The molecule has 20 heavy (non-hydrogen) atoms. The zero-order valence-corrected chi connectivity index (χ0v) is 13.7. The van der Waals surface area contributed by atoms with E-state index in [2.05, 4.69) is 58.1 Å². The van der Waals surface area contributed by atoms with Gasteiger partial charge in [-0.15, -0.1) is 0 Å². The van der Waals surface area contributed by atoms with Crippen LogP contribution in [0.2, 0.25) is 0 Å². The smallest absolute Gasteiger partial charge is 0.0294 e. The van der Waals surface area contributed by atoms with Crippen LogP contribution in [0, 0.1) is 0 Å². The van der Waals surface area contributed by atoms with E-state index < -0.39 is 0 Å². The van der Waals surface area contributed by atoms with E-state index in [1.165, 1.54) is 31.2 Å². The molecule has 0 amide bonds. The van der Waals surface area contributed by atoms with E-state index in [-0.39, 0.29) is 0 Å². The van der Waals surface area contributed by atoms with Crippen molar-refractivity contribution in [3.63, 3.8) is 0 Å². The summed E-state index contributed by atoms with van der Waals surface area (Å²) in [6.07, 6.45) is 5.30. The molecule has 0 unspecified atom stereocenters. The first kappa shape index (κ1) is 14.1. The van der Waals surface area contributed by atoms with Crippen LogP contribution in [0.3, 0.4) is 0 Å². The van der Waals surface area contributed by atoms with Crippen LogP contribution in [0.1, 0.15) is 83.0 Å². The van der Waals surface area contributed by atoms with Gasteiger partial charge in [0.1, 0.15) is 0 Å². The zero-order valence-electron chi connectivity index (χ0n) is 13.7. The minimum atomic E-state index is 0.320. The fourth-order valence-corrected chi connectivity index (χ4v) is 3.58. The van der Waals surface area contributed by atoms with Gasteiger partial charge in [0.15, 0.2) is 0 Å². The van der Waals surface area contributed by atoms with E-state index in [0.29, 0.717) is 16.9 Å². The lowest BCUT2D eigenvalue weighted by Gasteiger charge is -2.42. The summed E-state index contributed by atoms with van der Waals surface area (Å²) >= 11 is 0. The molecule has 1 nitrogen and oxygen atoms in total. The topological polar surface area (TPSA) is 12.0 Å². The molecule has 2 aliphatic carbocycles. The lowest BCUT2D eigenvalue weighted by molar-refractivity contribution is 0.331. The highest BCUT2D eigenvalue weighted by atomic mass is 15.0. The summed E-state index contributed by atoms with van der Waals surface area (Å²) in [6.45, 7) is 11.9. The summed E-state index contributed by atoms with van der Waals surface area (Å²) in [5.41, 5.74) is 5.25. The fraction of sp³-hybridized carbons (Fsp3) is 0.684. The van der Waals surface area contributed by atoms with Crippen molar-refractivity contribution in [3.8, 4) is 0 Å². The maximum atomic E-state index is 3.72. The summed E-state index contributed by atoms with van der Waals surface area (Å²) in [5, 5.41) is 3.72. The molecule has 0 heterocycles. The van der Waals surface area contributed by atoms with Crippen LogP contribution in [0.4, 0.5) is 0 Å². The molecule has 1 aromatic carbocycles. The second kappa shape index (κ2) is 4.59. The minimum absolute atomic E-state index is 0.320. The molecule has 3 rings (SSSR count). The molecular weight excluding hydrogens is 242 g/mol. The first-order valence-corrected chi connectivity index (χ1v) is 8.21. The Morgan fingerprint density at radius 1 is 1.00 bits per heavy atom. The number of hydrogen-bond donors (Lipinski definition) is 1. The van der Waals surface area contributed by atoms with Crippen LogP contribution in [-0.2, 0) is 10.8 Å². The van der Waals surface area contributed by atoms with E-state index >= 15 is 0 Å². The third-order valence-electron chi connectivity index (χ3n) is 5.44. The van der Waals surface area contributed by atoms with Crippen molar-refractivity contribution < 1.29 is 0 Å². The average Bonchev–Trinajstić information content (AvgIpc) is 3.19. The van der Waals surface area contributed by atoms with Crippen molar-refractivity contribution in [2.75, 3.05) is 0 Å². The van der Waals surface area contributed by atoms with Gasteiger partial charge in [-0.3, -0.25) is 0 Å². The van der Waals surface area contributed by atoms with Gasteiger partial charge in [-0.1, -0.05) is 45.9 Å². The summed E-state index contributed by atoms with van der Waals surface area (Å²) in [7, 11) is 0. The fourth-order valence-electron chi connectivity index (χ4n) is 3.58. The van der Waals surface area contributed by atoms with Crippen LogP contribution >= 0.6 is 0 Å². The van der Waals surface area contributed by atoms with E-state index in [0.717, 1.165) is 6.04 Å². The van der Waals surface area contributed by atoms with Crippen molar-refractivity contribution >= 4 is 0 Å². The van der Waals surface area contributed by atoms with E-state index in [4.69, 9.17) is 0 Å². The second-order valence-electron chi connectivity index (χ2n) is 8.24. The van der Waals surface area contributed by atoms with E-state index in [1.807, 2.05) is 0 Å². The molecule has 0 radical (unpaired) electrons. The lowest BCUT2D eigenvalue weighted by atomic mass is 9.63. The molecular formula is C19H29N. The van der Waals surface area contributed by atoms with Gasteiger partial charge in [0, 0.05) is 12.1 Å². The molecule has 1 N–H and O–H groups in total. The lowest BCUT2D eigenvalue weighted by Crippen LogP contribution is -2.34. The largest absolute Gasteiger partial charge is 0.307 e. The van der Waals surface area contributed by atoms with Crippen LogP contribution in [0.15, 0.2) is 18.2 Å². The highest BCUT2D eigenvalue weighted by Crippen LogP contribution is 2.46. The molecule has 0 aliphatic heterocycles. The van der Waals surface area contributed by atoms with Gasteiger partial charge in [-0.05, 0) is 60.1 Å². The predicted octanol–water partition coefficient (Wildman–Crippen LogP) is 4.85. The van der Waals surface area contributed by atoms with Crippen LogP contribution < -0.4 is 5.32 Å². The van der Waals surface area contributed by atoms with Gasteiger partial charge in [-0.25, -0.2) is 0 Å².